The molecule has 0 fully saturated rings. The van der Waals surface area contributed by atoms with Crippen LogP contribution in [0.15, 0.2) is 30.9 Å². The molecule has 0 aliphatic rings. The molecule has 0 N–H and O–H groups in total. The summed E-state index contributed by atoms with van der Waals surface area (Å²) in [6.45, 7) is 3.16. The van der Waals surface area contributed by atoms with Crippen molar-refractivity contribution in [1.29, 1.82) is 0 Å². The van der Waals surface area contributed by atoms with Gasteiger partial charge >= 0.3 is 6.18 Å². The minimum atomic E-state index is -4.36. The topological polar surface area (TPSA) is 0 Å². The van der Waals surface area contributed by atoms with E-state index in [1.54, 1.807) is 0 Å². The van der Waals surface area contributed by atoms with Gasteiger partial charge in [0.15, 0.2) is 0 Å². The number of allylic oxidation sites excluding steroid dienone is 1. The smallest absolute Gasteiger partial charge is 0.170 e. The first kappa shape index (κ1) is 12.4. The van der Waals surface area contributed by atoms with E-state index in [0.717, 1.165) is 6.08 Å². The summed E-state index contributed by atoms with van der Waals surface area (Å²) in [5.41, 5.74) is 0.0342. The van der Waals surface area contributed by atoms with Crippen LogP contribution in [0.4, 0.5) is 13.2 Å². The van der Waals surface area contributed by atoms with Crippen molar-refractivity contribution in [2.75, 3.05) is 0 Å². The van der Waals surface area contributed by atoms with E-state index >= 15 is 0 Å². The number of hydrogen-bond donors (Lipinski definition) is 0. The number of rotatable bonds is 2. The molecule has 1 unspecified atom stereocenters. The number of hydrogen-bond acceptors (Lipinski definition) is 0. The van der Waals surface area contributed by atoms with Gasteiger partial charge in [-0.15, -0.1) is 6.58 Å². The lowest BCUT2D eigenvalue weighted by Gasteiger charge is -2.17. The third kappa shape index (κ3) is 2.89. The molecule has 0 saturated heterocycles. The summed E-state index contributed by atoms with van der Waals surface area (Å²) >= 11 is 11.2. The van der Waals surface area contributed by atoms with Crippen molar-refractivity contribution in [3.05, 3.63) is 46.5 Å². The Morgan fingerprint density at radius 3 is 2.20 bits per heavy atom. The van der Waals surface area contributed by atoms with Crippen molar-refractivity contribution >= 4 is 23.2 Å². The number of benzene rings is 1. The predicted octanol–water partition coefficient (Wildman–Crippen LogP) is 4.83. The molecule has 1 aromatic rings. The lowest BCUT2D eigenvalue weighted by Crippen LogP contribution is -2.18. The summed E-state index contributed by atoms with van der Waals surface area (Å²) in [6, 6.07) is 3.82. The van der Waals surface area contributed by atoms with E-state index < -0.39 is 12.1 Å². The molecular formula is C10H7Cl2F3. The third-order valence-electron chi connectivity index (χ3n) is 1.89. The van der Waals surface area contributed by atoms with Gasteiger partial charge in [0, 0.05) is 0 Å². The standard InChI is InChI=1S/C10H7Cl2F3/c1-2-7(10(13,14)15)6-3-4-8(11)9(12)5-6/h2-5,7H,1H2. The Bertz CT molecular complexity index is 371. The van der Waals surface area contributed by atoms with Gasteiger partial charge in [-0.3, -0.25) is 0 Å². The maximum atomic E-state index is 12.5. The Balaban J connectivity index is 3.14. The second-order valence-electron chi connectivity index (χ2n) is 2.93. The first-order valence-corrected chi connectivity index (χ1v) is 4.76. The fourth-order valence-electron chi connectivity index (χ4n) is 1.16. The highest BCUT2D eigenvalue weighted by atomic mass is 35.5. The lowest BCUT2D eigenvalue weighted by molar-refractivity contribution is -0.139. The van der Waals surface area contributed by atoms with Crippen LogP contribution in [-0.4, -0.2) is 6.18 Å². The van der Waals surface area contributed by atoms with Crippen LogP contribution < -0.4 is 0 Å². The quantitative estimate of drug-likeness (QED) is 0.664. The van der Waals surface area contributed by atoms with Crippen molar-refractivity contribution in [2.45, 2.75) is 12.1 Å². The zero-order valence-corrected chi connectivity index (χ0v) is 9.00. The molecule has 0 aliphatic carbocycles. The fraction of sp³-hybridized carbons (Fsp3) is 0.200. The molecule has 5 heteroatoms. The molecule has 0 amide bonds. The van der Waals surface area contributed by atoms with Crippen LogP contribution in [0.5, 0.6) is 0 Å². The predicted molar refractivity (Wildman–Crippen MR) is 55.5 cm³/mol. The molecule has 0 nitrogen and oxygen atoms in total. The van der Waals surface area contributed by atoms with Crippen LogP contribution in [0, 0.1) is 0 Å². The molecule has 1 aromatic carbocycles. The lowest BCUT2D eigenvalue weighted by atomic mass is 9.99. The van der Waals surface area contributed by atoms with Gasteiger partial charge in [-0.05, 0) is 17.7 Å². The second kappa shape index (κ2) is 4.45. The van der Waals surface area contributed by atoms with Crippen LogP contribution in [0.25, 0.3) is 0 Å². The first-order chi connectivity index (χ1) is 6.86. The van der Waals surface area contributed by atoms with Crippen molar-refractivity contribution in [2.24, 2.45) is 0 Å². The van der Waals surface area contributed by atoms with Crippen LogP contribution in [-0.2, 0) is 0 Å². The van der Waals surface area contributed by atoms with Gasteiger partial charge in [0.1, 0.15) is 0 Å². The SMILES string of the molecule is C=CC(c1ccc(Cl)c(Cl)c1)C(F)(F)F. The maximum Gasteiger partial charge on any atom is 0.399 e. The van der Waals surface area contributed by atoms with Gasteiger partial charge in [-0.1, -0.05) is 35.3 Å². The van der Waals surface area contributed by atoms with E-state index in [1.807, 2.05) is 0 Å². The zero-order chi connectivity index (χ0) is 11.6. The molecule has 0 heterocycles. The highest BCUT2D eigenvalue weighted by Crippen LogP contribution is 2.37. The highest BCUT2D eigenvalue weighted by molar-refractivity contribution is 6.42. The van der Waals surface area contributed by atoms with Gasteiger partial charge in [-0.25, -0.2) is 0 Å². The van der Waals surface area contributed by atoms with E-state index in [0.29, 0.717) is 0 Å². The largest absolute Gasteiger partial charge is 0.399 e. The van der Waals surface area contributed by atoms with Crippen molar-refractivity contribution in [3.8, 4) is 0 Å². The van der Waals surface area contributed by atoms with Gasteiger partial charge < -0.3 is 0 Å². The first-order valence-electron chi connectivity index (χ1n) is 4.00. The highest BCUT2D eigenvalue weighted by Gasteiger charge is 2.38. The van der Waals surface area contributed by atoms with Crippen LogP contribution in [0.3, 0.4) is 0 Å². The van der Waals surface area contributed by atoms with Gasteiger partial charge in [0.25, 0.3) is 0 Å². The third-order valence-corrected chi connectivity index (χ3v) is 2.63. The number of halogens is 5. The van der Waals surface area contributed by atoms with E-state index in [4.69, 9.17) is 23.2 Å². The van der Waals surface area contributed by atoms with Crippen LogP contribution in [0.2, 0.25) is 10.0 Å². The molecule has 0 bridgehead atoms. The Morgan fingerprint density at radius 2 is 1.80 bits per heavy atom. The van der Waals surface area contributed by atoms with Crippen molar-refractivity contribution in [1.82, 2.24) is 0 Å². The molecule has 0 radical (unpaired) electrons. The molecule has 1 atom stereocenters. The summed E-state index contributed by atoms with van der Waals surface area (Å²) in [6.07, 6.45) is -3.53. The zero-order valence-electron chi connectivity index (χ0n) is 7.48. The molecule has 82 valence electrons. The molecule has 15 heavy (non-hydrogen) atoms. The van der Waals surface area contributed by atoms with E-state index in [-0.39, 0.29) is 15.6 Å². The van der Waals surface area contributed by atoms with Gasteiger partial charge in [-0.2, -0.15) is 13.2 Å². The monoisotopic (exact) mass is 254 g/mol. The molecule has 0 aliphatic heterocycles. The van der Waals surface area contributed by atoms with Crippen molar-refractivity contribution < 1.29 is 13.2 Å². The average Bonchev–Trinajstić information content (AvgIpc) is 2.10. The van der Waals surface area contributed by atoms with Crippen molar-refractivity contribution in [3.63, 3.8) is 0 Å². The molecule has 1 rings (SSSR count). The average molecular weight is 255 g/mol. The Kier molecular flexibility index (Phi) is 3.68. The minimum Gasteiger partial charge on any atom is -0.170 e. The molecule has 0 saturated carbocycles. The molecule has 0 spiro atoms. The van der Waals surface area contributed by atoms with Gasteiger partial charge in [0.05, 0.1) is 16.0 Å². The Labute approximate surface area is 95.3 Å². The fourth-order valence-corrected chi connectivity index (χ4v) is 1.47. The Hall–Kier alpha value is -0.670. The normalized spacial score (nSPS) is 13.7. The second-order valence-corrected chi connectivity index (χ2v) is 3.74. The Morgan fingerprint density at radius 1 is 1.20 bits per heavy atom. The summed E-state index contributed by atoms with van der Waals surface area (Å²) in [5.74, 6) is -1.72. The van der Waals surface area contributed by atoms with Crippen LogP contribution >= 0.6 is 23.2 Å². The van der Waals surface area contributed by atoms with Crippen LogP contribution in [0.1, 0.15) is 11.5 Å². The van der Waals surface area contributed by atoms with E-state index in [1.165, 1.54) is 18.2 Å². The summed E-state index contributed by atoms with van der Waals surface area (Å²) < 4.78 is 37.5. The minimum absolute atomic E-state index is 0.0342. The summed E-state index contributed by atoms with van der Waals surface area (Å²) in [4.78, 5) is 0. The van der Waals surface area contributed by atoms with Gasteiger partial charge in [0.2, 0.25) is 0 Å². The number of alkyl halides is 3. The molecular weight excluding hydrogens is 248 g/mol. The van der Waals surface area contributed by atoms with E-state index in [9.17, 15) is 13.2 Å². The summed E-state index contributed by atoms with van der Waals surface area (Å²) in [5, 5.41) is 0.329. The summed E-state index contributed by atoms with van der Waals surface area (Å²) in [7, 11) is 0. The maximum absolute atomic E-state index is 12.5. The van der Waals surface area contributed by atoms with E-state index in [2.05, 4.69) is 6.58 Å². The molecule has 0 aromatic heterocycles.